The largest absolute Gasteiger partial charge is 0.379 e. The van der Waals surface area contributed by atoms with Gasteiger partial charge in [0.05, 0.1) is 17.2 Å². The molecule has 1 amide bonds. The fraction of sp³-hybridized carbons (Fsp3) is 0.923. The predicted octanol–water partition coefficient (Wildman–Crippen LogP) is 0.814. The van der Waals surface area contributed by atoms with E-state index >= 15 is 0 Å². The van der Waals surface area contributed by atoms with Crippen LogP contribution in [-0.2, 0) is 14.3 Å². The van der Waals surface area contributed by atoms with Gasteiger partial charge >= 0.3 is 0 Å². The zero-order valence-corrected chi connectivity index (χ0v) is 11.9. The van der Waals surface area contributed by atoms with Crippen molar-refractivity contribution in [2.75, 3.05) is 20.8 Å². The van der Waals surface area contributed by atoms with Gasteiger partial charge in [-0.1, -0.05) is 0 Å². The number of nitrogens with one attached hydrogen (secondary N) is 1. The van der Waals surface area contributed by atoms with E-state index in [4.69, 9.17) is 15.2 Å². The number of amides is 1. The van der Waals surface area contributed by atoms with E-state index in [1.54, 1.807) is 14.2 Å². The summed E-state index contributed by atoms with van der Waals surface area (Å²) in [6.45, 7) is 4.71. The smallest absolute Gasteiger partial charge is 0.237 e. The second-order valence-electron chi connectivity index (χ2n) is 5.65. The van der Waals surface area contributed by atoms with Gasteiger partial charge in [0.1, 0.15) is 0 Å². The number of carbonyl (C=O) groups excluding carboxylic acids is 1. The van der Waals surface area contributed by atoms with Crippen LogP contribution in [0, 0.1) is 0 Å². The Morgan fingerprint density at radius 3 is 2.67 bits per heavy atom. The summed E-state index contributed by atoms with van der Waals surface area (Å²) in [7, 11) is 3.48. The number of methoxy groups -OCH3 is 1. The summed E-state index contributed by atoms with van der Waals surface area (Å²) in [5.74, 6) is -0.284. The van der Waals surface area contributed by atoms with Crippen LogP contribution in [0.4, 0.5) is 0 Å². The maximum absolute atomic E-state index is 11.5. The van der Waals surface area contributed by atoms with Gasteiger partial charge in [0, 0.05) is 20.1 Å². The minimum absolute atomic E-state index is 0.109. The number of nitrogens with two attached hydrogens (primary N) is 1. The van der Waals surface area contributed by atoms with Gasteiger partial charge in [-0.25, -0.2) is 0 Å². The van der Waals surface area contributed by atoms with Crippen LogP contribution in [0.15, 0.2) is 0 Å². The van der Waals surface area contributed by atoms with Crippen LogP contribution >= 0.6 is 0 Å². The van der Waals surface area contributed by atoms with Crippen LogP contribution in [0.1, 0.15) is 39.5 Å². The molecule has 0 aromatic rings. The molecule has 1 aliphatic carbocycles. The first kappa shape index (κ1) is 15.4. The van der Waals surface area contributed by atoms with Crippen molar-refractivity contribution in [2.45, 2.75) is 56.8 Å². The Balaban J connectivity index is 2.37. The molecule has 106 valence electrons. The normalized spacial score (nSPS) is 28.6. The Hall–Kier alpha value is -0.650. The first-order valence-corrected chi connectivity index (χ1v) is 6.51. The summed E-state index contributed by atoms with van der Waals surface area (Å²) in [4.78, 5) is 11.5. The molecule has 1 rings (SSSR count). The first-order chi connectivity index (χ1) is 8.35. The molecule has 0 aromatic heterocycles. The number of hydrogen-bond acceptors (Lipinski definition) is 4. The van der Waals surface area contributed by atoms with Crippen molar-refractivity contribution in [1.82, 2.24) is 5.32 Å². The maximum Gasteiger partial charge on any atom is 0.237 e. The van der Waals surface area contributed by atoms with E-state index in [0.717, 1.165) is 19.3 Å². The van der Waals surface area contributed by atoms with Gasteiger partial charge in [-0.15, -0.1) is 0 Å². The van der Waals surface area contributed by atoms with Crippen LogP contribution in [0.25, 0.3) is 0 Å². The molecule has 18 heavy (non-hydrogen) atoms. The fourth-order valence-corrected chi connectivity index (χ4v) is 2.29. The number of primary amides is 1. The monoisotopic (exact) mass is 258 g/mol. The lowest BCUT2D eigenvalue weighted by Crippen LogP contribution is -2.52. The van der Waals surface area contributed by atoms with Crippen LogP contribution in [-0.4, -0.2) is 43.9 Å². The first-order valence-electron chi connectivity index (χ1n) is 6.51. The number of ether oxygens (including phenoxy) is 2. The molecule has 1 saturated carbocycles. The van der Waals surface area contributed by atoms with E-state index in [-0.39, 0.29) is 17.6 Å². The van der Waals surface area contributed by atoms with Crippen molar-refractivity contribution in [2.24, 2.45) is 5.73 Å². The molecule has 5 heteroatoms. The third-order valence-corrected chi connectivity index (χ3v) is 4.03. The van der Waals surface area contributed by atoms with Gasteiger partial charge in [0.2, 0.25) is 5.91 Å². The number of hydrogen-bond donors (Lipinski definition) is 2. The molecule has 2 atom stereocenters. The zero-order chi connectivity index (χ0) is 13.8. The molecule has 0 heterocycles. The third-order valence-electron chi connectivity index (χ3n) is 4.03. The minimum atomic E-state index is -0.582. The second-order valence-corrected chi connectivity index (χ2v) is 5.65. The molecule has 1 fully saturated rings. The molecule has 2 unspecified atom stereocenters. The molecule has 0 aromatic carbocycles. The lowest BCUT2D eigenvalue weighted by molar-refractivity contribution is -0.124. The third kappa shape index (κ3) is 3.67. The highest BCUT2D eigenvalue weighted by Crippen LogP contribution is 2.31. The Morgan fingerprint density at radius 2 is 2.22 bits per heavy atom. The average molecular weight is 258 g/mol. The highest BCUT2D eigenvalue weighted by Gasteiger charge is 2.43. The Labute approximate surface area is 109 Å². The molecule has 5 nitrogen and oxygen atoms in total. The highest BCUT2D eigenvalue weighted by molar-refractivity contribution is 5.85. The van der Waals surface area contributed by atoms with Crippen molar-refractivity contribution >= 4 is 5.91 Å². The van der Waals surface area contributed by atoms with Crippen LogP contribution in [0.2, 0.25) is 0 Å². The maximum atomic E-state index is 11.5. The SMILES string of the molecule is CNC1(C(N)=O)CCC(OCCC(C)(C)OC)C1. The van der Waals surface area contributed by atoms with E-state index in [1.165, 1.54) is 0 Å². The van der Waals surface area contributed by atoms with Gasteiger partial charge in [-0.2, -0.15) is 0 Å². The fourth-order valence-electron chi connectivity index (χ4n) is 2.29. The molecular weight excluding hydrogens is 232 g/mol. The highest BCUT2D eigenvalue weighted by atomic mass is 16.5. The summed E-state index contributed by atoms with van der Waals surface area (Å²) < 4.78 is 11.2. The van der Waals surface area contributed by atoms with Crippen molar-refractivity contribution in [3.63, 3.8) is 0 Å². The second kappa shape index (κ2) is 5.99. The molecule has 3 N–H and O–H groups in total. The summed E-state index contributed by atoms with van der Waals surface area (Å²) >= 11 is 0. The van der Waals surface area contributed by atoms with E-state index in [2.05, 4.69) is 5.32 Å². The summed E-state index contributed by atoms with van der Waals surface area (Å²) in [5.41, 5.74) is 4.70. The van der Waals surface area contributed by atoms with Crippen LogP contribution < -0.4 is 11.1 Å². The number of likely N-dealkylation sites (N-methyl/N-ethyl adjacent to an activating group) is 1. The summed E-state index contributed by atoms with van der Waals surface area (Å²) in [5, 5.41) is 3.05. The lowest BCUT2D eigenvalue weighted by Gasteiger charge is -2.26. The van der Waals surface area contributed by atoms with Crippen molar-refractivity contribution in [3.05, 3.63) is 0 Å². The van der Waals surface area contributed by atoms with E-state index in [0.29, 0.717) is 13.0 Å². The zero-order valence-electron chi connectivity index (χ0n) is 11.9. The topological polar surface area (TPSA) is 73.6 Å². The van der Waals surface area contributed by atoms with Gasteiger partial charge in [-0.05, 0) is 40.2 Å². The van der Waals surface area contributed by atoms with E-state index < -0.39 is 5.54 Å². The molecule has 0 bridgehead atoms. The van der Waals surface area contributed by atoms with Gasteiger partial charge in [-0.3, -0.25) is 4.79 Å². The predicted molar refractivity (Wildman–Crippen MR) is 70.3 cm³/mol. The van der Waals surface area contributed by atoms with Crippen molar-refractivity contribution in [3.8, 4) is 0 Å². The van der Waals surface area contributed by atoms with Gasteiger partial charge < -0.3 is 20.5 Å². The van der Waals surface area contributed by atoms with Crippen molar-refractivity contribution < 1.29 is 14.3 Å². The molecule has 1 aliphatic rings. The molecular formula is C13H26N2O3. The Morgan fingerprint density at radius 1 is 1.56 bits per heavy atom. The Kier molecular flexibility index (Phi) is 5.13. The van der Waals surface area contributed by atoms with Gasteiger partial charge in [0.15, 0.2) is 0 Å². The quantitative estimate of drug-likeness (QED) is 0.709. The molecule has 0 radical (unpaired) electrons. The average Bonchev–Trinajstić information content (AvgIpc) is 2.74. The number of rotatable bonds is 7. The Bertz CT molecular complexity index is 294. The summed E-state index contributed by atoms with van der Waals surface area (Å²) in [6.07, 6.45) is 3.22. The van der Waals surface area contributed by atoms with Gasteiger partial charge in [0.25, 0.3) is 0 Å². The summed E-state index contributed by atoms with van der Waals surface area (Å²) in [6, 6.07) is 0. The number of carbonyl (C=O) groups is 1. The molecule has 0 spiro atoms. The van der Waals surface area contributed by atoms with E-state index in [1.807, 2.05) is 13.8 Å². The molecule has 0 aliphatic heterocycles. The van der Waals surface area contributed by atoms with E-state index in [9.17, 15) is 4.79 Å². The van der Waals surface area contributed by atoms with Crippen molar-refractivity contribution in [1.29, 1.82) is 0 Å². The standard InChI is InChI=1S/C13H26N2O3/c1-12(2,17-4)7-8-18-10-5-6-13(9-10,15-3)11(14)16/h10,15H,5-9H2,1-4H3,(H2,14,16). The van der Waals surface area contributed by atoms with Crippen LogP contribution in [0.5, 0.6) is 0 Å². The minimum Gasteiger partial charge on any atom is -0.379 e. The lowest BCUT2D eigenvalue weighted by atomic mass is 9.97. The molecule has 0 saturated heterocycles. The van der Waals surface area contributed by atoms with Crippen LogP contribution in [0.3, 0.4) is 0 Å².